The Morgan fingerprint density at radius 2 is 2.05 bits per heavy atom. The number of unbranched alkanes of at least 4 members (excludes halogenated alkanes) is 1. The van der Waals surface area contributed by atoms with Gasteiger partial charge in [-0.25, -0.2) is 0 Å². The van der Waals surface area contributed by atoms with Crippen LogP contribution in [-0.2, 0) is 6.54 Å². The van der Waals surface area contributed by atoms with Crippen molar-refractivity contribution in [2.75, 3.05) is 20.6 Å². The molecular weight excluding hydrogens is 387 g/mol. The van der Waals surface area contributed by atoms with Crippen LogP contribution in [0.2, 0.25) is 0 Å². The maximum absolute atomic E-state index is 4.50. The fourth-order valence-corrected chi connectivity index (χ4v) is 2.37. The second-order valence-electron chi connectivity index (χ2n) is 5.15. The molecule has 5 heteroatoms. The number of benzene rings is 1. The summed E-state index contributed by atoms with van der Waals surface area (Å²) < 4.78 is 0. The second-order valence-corrected chi connectivity index (χ2v) is 5.15. The van der Waals surface area contributed by atoms with Gasteiger partial charge < -0.3 is 10.2 Å². The van der Waals surface area contributed by atoms with Crippen LogP contribution in [0.15, 0.2) is 41.5 Å². The van der Waals surface area contributed by atoms with Gasteiger partial charge in [0.25, 0.3) is 0 Å². The van der Waals surface area contributed by atoms with Gasteiger partial charge in [-0.1, -0.05) is 37.6 Å². The molecule has 2 aromatic rings. The lowest BCUT2D eigenvalue weighted by molar-refractivity contribution is 0.464. The van der Waals surface area contributed by atoms with E-state index < -0.39 is 0 Å². The van der Waals surface area contributed by atoms with Crippen LogP contribution in [0.25, 0.3) is 10.8 Å². The van der Waals surface area contributed by atoms with Gasteiger partial charge in [-0.15, -0.1) is 24.0 Å². The lowest BCUT2D eigenvalue weighted by atomic mass is 10.1. The fourth-order valence-electron chi connectivity index (χ4n) is 2.37. The van der Waals surface area contributed by atoms with Crippen LogP contribution in [-0.4, -0.2) is 36.5 Å². The summed E-state index contributed by atoms with van der Waals surface area (Å²) in [5, 5.41) is 5.81. The molecule has 0 spiro atoms. The molecule has 0 aliphatic rings. The highest BCUT2D eigenvalue weighted by Gasteiger charge is 2.07. The number of pyridine rings is 1. The van der Waals surface area contributed by atoms with Gasteiger partial charge in [0.1, 0.15) is 0 Å². The highest BCUT2D eigenvalue weighted by molar-refractivity contribution is 14.0. The highest BCUT2D eigenvalue weighted by Crippen LogP contribution is 2.15. The Morgan fingerprint density at radius 1 is 1.27 bits per heavy atom. The lowest BCUT2D eigenvalue weighted by Gasteiger charge is -2.21. The van der Waals surface area contributed by atoms with Gasteiger partial charge in [0.2, 0.25) is 0 Å². The maximum Gasteiger partial charge on any atom is 0.193 e. The molecule has 1 aromatic heterocycles. The zero-order chi connectivity index (χ0) is 15.1. The summed E-state index contributed by atoms with van der Waals surface area (Å²) in [7, 11) is 3.89. The van der Waals surface area contributed by atoms with Gasteiger partial charge in [-0.3, -0.25) is 9.98 Å². The van der Waals surface area contributed by atoms with Gasteiger partial charge in [0.05, 0.1) is 12.2 Å². The van der Waals surface area contributed by atoms with Crippen LogP contribution >= 0.6 is 24.0 Å². The number of aromatic nitrogens is 1. The quantitative estimate of drug-likeness (QED) is 0.463. The maximum atomic E-state index is 4.50. The first-order chi connectivity index (χ1) is 10.3. The topological polar surface area (TPSA) is 40.5 Å². The summed E-state index contributed by atoms with van der Waals surface area (Å²) in [6.07, 6.45) is 4.22. The number of nitrogens with zero attached hydrogens (tertiary/aromatic N) is 3. The van der Waals surface area contributed by atoms with Crippen LogP contribution in [0.4, 0.5) is 0 Å². The van der Waals surface area contributed by atoms with E-state index in [2.05, 4.69) is 58.4 Å². The average Bonchev–Trinajstić information content (AvgIpc) is 2.53. The Labute approximate surface area is 150 Å². The normalized spacial score (nSPS) is 11.1. The van der Waals surface area contributed by atoms with E-state index in [0.29, 0.717) is 6.54 Å². The zero-order valence-corrected chi connectivity index (χ0v) is 15.9. The number of hydrogen-bond acceptors (Lipinski definition) is 2. The van der Waals surface area contributed by atoms with Gasteiger partial charge in [0, 0.05) is 32.2 Å². The summed E-state index contributed by atoms with van der Waals surface area (Å²) in [6, 6.07) is 10.4. The number of aliphatic imine (C=N–C) groups is 1. The fraction of sp³-hybridized carbons (Fsp3) is 0.412. The molecule has 0 amide bonds. The predicted molar refractivity (Wildman–Crippen MR) is 105 cm³/mol. The number of rotatable bonds is 5. The first-order valence-electron chi connectivity index (χ1n) is 7.50. The Kier molecular flexibility index (Phi) is 8.16. The van der Waals surface area contributed by atoms with Crippen LogP contribution in [0, 0.1) is 0 Å². The zero-order valence-electron chi connectivity index (χ0n) is 13.5. The standard InChI is InChI=1S/C17H24N4.HI/c1-4-5-12-21(3)17(18-2)20-13-16-15-9-7-6-8-14(15)10-11-19-16;/h6-11H,4-5,12-13H2,1-3H3,(H,18,20);1H. The molecule has 0 bridgehead atoms. The molecule has 0 radical (unpaired) electrons. The van der Waals surface area contributed by atoms with Crippen LogP contribution in [0.3, 0.4) is 0 Å². The first-order valence-corrected chi connectivity index (χ1v) is 7.50. The molecule has 120 valence electrons. The van der Waals surface area contributed by atoms with Crippen molar-refractivity contribution in [1.29, 1.82) is 0 Å². The van der Waals surface area contributed by atoms with E-state index in [1.165, 1.54) is 23.6 Å². The Hall–Kier alpha value is -1.37. The first kappa shape index (κ1) is 18.7. The Morgan fingerprint density at radius 3 is 2.77 bits per heavy atom. The summed E-state index contributed by atoms with van der Waals surface area (Å²) in [5.41, 5.74) is 1.05. The summed E-state index contributed by atoms with van der Waals surface area (Å²) in [6.45, 7) is 3.90. The number of hydrogen-bond donors (Lipinski definition) is 1. The predicted octanol–water partition coefficient (Wildman–Crippen LogP) is 3.66. The van der Waals surface area contributed by atoms with Crippen molar-refractivity contribution in [2.24, 2.45) is 4.99 Å². The van der Waals surface area contributed by atoms with E-state index in [4.69, 9.17) is 0 Å². The van der Waals surface area contributed by atoms with Gasteiger partial charge in [0.15, 0.2) is 5.96 Å². The van der Waals surface area contributed by atoms with Crippen LogP contribution in [0.5, 0.6) is 0 Å². The summed E-state index contributed by atoms with van der Waals surface area (Å²) >= 11 is 0. The molecule has 1 heterocycles. The van der Waals surface area contributed by atoms with Crippen molar-refractivity contribution in [3.63, 3.8) is 0 Å². The third kappa shape index (κ3) is 4.83. The van der Waals surface area contributed by atoms with Crippen LogP contribution in [0.1, 0.15) is 25.5 Å². The van der Waals surface area contributed by atoms with E-state index in [9.17, 15) is 0 Å². The van der Waals surface area contributed by atoms with Gasteiger partial charge in [-0.05, 0) is 17.9 Å². The Balaban J connectivity index is 0.00000242. The highest BCUT2D eigenvalue weighted by atomic mass is 127. The third-order valence-electron chi connectivity index (χ3n) is 3.59. The summed E-state index contributed by atoms with van der Waals surface area (Å²) in [4.78, 5) is 11.0. The molecule has 0 saturated carbocycles. The van der Waals surface area contributed by atoms with E-state index in [-0.39, 0.29) is 24.0 Å². The van der Waals surface area contributed by atoms with Gasteiger partial charge >= 0.3 is 0 Å². The molecular formula is C17H25IN4. The van der Waals surface area contributed by atoms with Crippen molar-refractivity contribution in [2.45, 2.75) is 26.3 Å². The monoisotopic (exact) mass is 412 g/mol. The molecule has 0 saturated heterocycles. The number of fused-ring (bicyclic) bond motifs is 1. The molecule has 0 atom stereocenters. The number of guanidine groups is 1. The van der Waals surface area contributed by atoms with Gasteiger partial charge in [-0.2, -0.15) is 0 Å². The smallest absolute Gasteiger partial charge is 0.193 e. The minimum Gasteiger partial charge on any atom is -0.351 e. The average molecular weight is 412 g/mol. The lowest BCUT2D eigenvalue weighted by Crippen LogP contribution is -2.39. The minimum atomic E-state index is 0. The third-order valence-corrected chi connectivity index (χ3v) is 3.59. The molecule has 0 unspecified atom stereocenters. The molecule has 2 rings (SSSR count). The van der Waals surface area contributed by atoms with E-state index in [1.807, 2.05) is 19.3 Å². The van der Waals surface area contributed by atoms with Crippen molar-refractivity contribution in [3.05, 3.63) is 42.2 Å². The number of nitrogens with one attached hydrogen (secondary N) is 1. The van der Waals surface area contributed by atoms with Crippen molar-refractivity contribution in [3.8, 4) is 0 Å². The van der Waals surface area contributed by atoms with Crippen molar-refractivity contribution < 1.29 is 0 Å². The molecule has 4 nitrogen and oxygen atoms in total. The molecule has 1 N–H and O–H groups in total. The molecule has 0 aliphatic heterocycles. The minimum absolute atomic E-state index is 0. The van der Waals surface area contributed by atoms with E-state index in [0.717, 1.165) is 18.2 Å². The molecule has 1 aromatic carbocycles. The largest absolute Gasteiger partial charge is 0.351 e. The van der Waals surface area contributed by atoms with E-state index in [1.54, 1.807) is 0 Å². The molecule has 0 fully saturated rings. The van der Waals surface area contributed by atoms with Crippen molar-refractivity contribution >= 4 is 40.7 Å². The molecule has 22 heavy (non-hydrogen) atoms. The number of halogens is 1. The van der Waals surface area contributed by atoms with Crippen molar-refractivity contribution in [1.82, 2.24) is 15.2 Å². The summed E-state index contributed by atoms with van der Waals surface area (Å²) in [5.74, 6) is 0.915. The second kappa shape index (κ2) is 9.61. The SMILES string of the molecule is CCCCN(C)C(=NC)NCc1nccc2ccccc12.I. The van der Waals surface area contributed by atoms with E-state index >= 15 is 0 Å². The van der Waals surface area contributed by atoms with Crippen LogP contribution < -0.4 is 5.32 Å². The Bertz CT molecular complexity index is 607. The molecule has 0 aliphatic carbocycles.